The van der Waals surface area contributed by atoms with Gasteiger partial charge < -0.3 is 9.47 Å². The highest BCUT2D eigenvalue weighted by Crippen LogP contribution is 2.15. The average molecular weight is 219 g/mol. The molecule has 0 saturated carbocycles. The van der Waals surface area contributed by atoms with Crippen LogP contribution < -0.4 is 0 Å². The number of rotatable bonds is 5. The Kier molecular flexibility index (Phi) is 5.45. The predicted octanol–water partition coefficient (Wildman–Crippen LogP) is 2.59. The molecule has 0 aromatic heterocycles. The standard InChI is InChI=1S/C10H15ClO3/c11-6-2-1-5-10(12)14-8-9-4-3-7-13-9/h8H,1-7H2. The number of hydrogen-bond donors (Lipinski definition) is 0. The number of carbonyl (C=O) groups excluding carboxylic acids is 1. The Morgan fingerprint density at radius 2 is 2.43 bits per heavy atom. The third-order valence-corrected chi connectivity index (χ3v) is 2.21. The third-order valence-electron chi connectivity index (χ3n) is 1.94. The smallest absolute Gasteiger partial charge is 0.310 e. The summed E-state index contributed by atoms with van der Waals surface area (Å²) in [7, 11) is 0. The van der Waals surface area contributed by atoms with Crippen molar-refractivity contribution in [1.29, 1.82) is 0 Å². The largest absolute Gasteiger partial charge is 0.495 e. The fourth-order valence-corrected chi connectivity index (χ4v) is 1.36. The summed E-state index contributed by atoms with van der Waals surface area (Å²) < 4.78 is 10.1. The molecule has 1 heterocycles. The Morgan fingerprint density at radius 1 is 1.57 bits per heavy atom. The molecule has 0 spiro atoms. The molecule has 80 valence electrons. The number of halogens is 1. The number of esters is 1. The second-order valence-electron chi connectivity index (χ2n) is 3.17. The van der Waals surface area contributed by atoms with Crippen LogP contribution >= 0.6 is 11.6 Å². The monoisotopic (exact) mass is 218 g/mol. The van der Waals surface area contributed by atoms with E-state index in [1.54, 1.807) is 0 Å². The van der Waals surface area contributed by atoms with Gasteiger partial charge in [0.2, 0.25) is 0 Å². The molecule has 1 aliphatic rings. The Balaban J connectivity index is 2.10. The lowest BCUT2D eigenvalue weighted by atomic mass is 10.2. The van der Waals surface area contributed by atoms with E-state index >= 15 is 0 Å². The van der Waals surface area contributed by atoms with Gasteiger partial charge in [-0.25, -0.2) is 0 Å². The van der Waals surface area contributed by atoms with Gasteiger partial charge in [-0.1, -0.05) is 0 Å². The van der Waals surface area contributed by atoms with Crippen molar-refractivity contribution in [2.45, 2.75) is 32.1 Å². The van der Waals surface area contributed by atoms with E-state index in [0.717, 1.165) is 38.0 Å². The second-order valence-corrected chi connectivity index (χ2v) is 3.55. The summed E-state index contributed by atoms with van der Waals surface area (Å²) in [5.41, 5.74) is 0. The second kappa shape index (κ2) is 6.71. The first-order valence-corrected chi connectivity index (χ1v) is 5.43. The Morgan fingerprint density at radius 3 is 3.07 bits per heavy atom. The van der Waals surface area contributed by atoms with E-state index in [4.69, 9.17) is 21.1 Å². The fraction of sp³-hybridized carbons (Fsp3) is 0.700. The van der Waals surface area contributed by atoms with E-state index in [2.05, 4.69) is 0 Å². The Hall–Kier alpha value is -0.700. The highest BCUT2D eigenvalue weighted by molar-refractivity contribution is 6.17. The zero-order valence-electron chi connectivity index (χ0n) is 8.13. The maximum Gasteiger partial charge on any atom is 0.310 e. The van der Waals surface area contributed by atoms with Crippen LogP contribution in [0.4, 0.5) is 0 Å². The van der Waals surface area contributed by atoms with Gasteiger partial charge in [-0.05, 0) is 19.3 Å². The van der Waals surface area contributed by atoms with E-state index in [9.17, 15) is 4.79 Å². The van der Waals surface area contributed by atoms with Gasteiger partial charge in [-0.3, -0.25) is 4.79 Å². The minimum absolute atomic E-state index is 0.210. The molecule has 1 rings (SSSR count). The molecule has 0 amide bonds. The summed E-state index contributed by atoms with van der Waals surface area (Å²) in [5, 5.41) is 0. The van der Waals surface area contributed by atoms with Gasteiger partial charge in [0, 0.05) is 18.7 Å². The van der Waals surface area contributed by atoms with Crippen molar-refractivity contribution in [1.82, 2.24) is 0 Å². The molecule has 0 N–H and O–H groups in total. The molecule has 3 nitrogen and oxygen atoms in total. The number of unbranched alkanes of at least 4 members (excludes halogenated alkanes) is 1. The molecule has 4 heteroatoms. The van der Waals surface area contributed by atoms with Crippen LogP contribution in [-0.4, -0.2) is 18.5 Å². The molecule has 14 heavy (non-hydrogen) atoms. The summed E-state index contributed by atoms with van der Waals surface area (Å²) in [6, 6.07) is 0. The topological polar surface area (TPSA) is 35.5 Å². The van der Waals surface area contributed by atoms with Crippen molar-refractivity contribution in [3.63, 3.8) is 0 Å². The van der Waals surface area contributed by atoms with Crippen LogP contribution in [0.25, 0.3) is 0 Å². The molecule has 0 bridgehead atoms. The first-order valence-electron chi connectivity index (χ1n) is 4.90. The van der Waals surface area contributed by atoms with Gasteiger partial charge in [0.05, 0.1) is 6.61 Å². The molecule has 1 saturated heterocycles. The van der Waals surface area contributed by atoms with E-state index < -0.39 is 0 Å². The van der Waals surface area contributed by atoms with E-state index in [-0.39, 0.29) is 5.97 Å². The van der Waals surface area contributed by atoms with E-state index in [1.165, 1.54) is 6.26 Å². The normalized spacial score (nSPS) is 18.2. The molecular formula is C10H15ClO3. The van der Waals surface area contributed by atoms with Crippen LogP contribution in [0.1, 0.15) is 32.1 Å². The molecule has 0 aliphatic carbocycles. The predicted molar refractivity (Wildman–Crippen MR) is 53.9 cm³/mol. The van der Waals surface area contributed by atoms with E-state index in [0.29, 0.717) is 12.3 Å². The molecular weight excluding hydrogens is 204 g/mol. The zero-order valence-corrected chi connectivity index (χ0v) is 8.89. The molecule has 0 aromatic rings. The molecule has 0 radical (unpaired) electrons. The van der Waals surface area contributed by atoms with Gasteiger partial charge >= 0.3 is 5.97 Å². The van der Waals surface area contributed by atoms with Crippen molar-refractivity contribution in [2.24, 2.45) is 0 Å². The minimum Gasteiger partial charge on any atom is -0.495 e. The SMILES string of the molecule is O=C(CCCCCl)OC=C1CCCO1. The highest BCUT2D eigenvalue weighted by atomic mass is 35.5. The number of allylic oxidation sites excluding steroid dienone is 1. The van der Waals surface area contributed by atoms with Crippen molar-refractivity contribution >= 4 is 17.6 Å². The van der Waals surface area contributed by atoms with Crippen molar-refractivity contribution in [3.8, 4) is 0 Å². The van der Waals surface area contributed by atoms with Crippen LogP contribution in [0.5, 0.6) is 0 Å². The maximum atomic E-state index is 11.1. The van der Waals surface area contributed by atoms with Gasteiger partial charge in [-0.15, -0.1) is 11.6 Å². The van der Waals surface area contributed by atoms with Gasteiger partial charge in [0.1, 0.15) is 12.0 Å². The number of alkyl halides is 1. The zero-order chi connectivity index (χ0) is 10.2. The van der Waals surface area contributed by atoms with Crippen LogP contribution in [0, 0.1) is 0 Å². The number of hydrogen-bond acceptors (Lipinski definition) is 3. The summed E-state index contributed by atoms with van der Waals surface area (Å²) >= 11 is 5.48. The molecule has 0 atom stereocenters. The first-order chi connectivity index (χ1) is 6.83. The average Bonchev–Trinajstić information content (AvgIpc) is 2.68. The maximum absolute atomic E-state index is 11.1. The first kappa shape index (κ1) is 11.4. The Bertz CT molecular complexity index is 205. The highest BCUT2D eigenvalue weighted by Gasteiger charge is 2.08. The lowest BCUT2D eigenvalue weighted by molar-refractivity contribution is -0.138. The van der Waals surface area contributed by atoms with E-state index in [1.807, 2.05) is 0 Å². The van der Waals surface area contributed by atoms with Crippen molar-refractivity contribution in [2.75, 3.05) is 12.5 Å². The lowest BCUT2D eigenvalue weighted by Gasteiger charge is -2.00. The fourth-order valence-electron chi connectivity index (χ4n) is 1.17. The lowest BCUT2D eigenvalue weighted by Crippen LogP contribution is -2.00. The molecule has 1 fully saturated rings. The van der Waals surface area contributed by atoms with Crippen molar-refractivity contribution < 1.29 is 14.3 Å². The summed E-state index contributed by atoms with van der Waals surface area (Å²) in [5.74, 6) is 1.16. The van der Waals surface area contributed by atoms with Crippen LogP contribution in [0.2, 0.25) is 0 Å². The molecule has 1 aliphatic heterocycles. The van der Waals surface area contributed by atoms with Crippen LogP contribution in [0.3, 0.4) is 0 Å². The molecule has 0 unspecified atom stereocenters. The van der Waals surface area contributed by atoms with Gasteiger partial charge in [0.25, 0.3) is 0 Å². The quantitative estimate of drug-likeness (QED) is 0.308. The minimum atomic E-state index is -0.210. The summed E-state index contributed by atoms with van der Waals surface area (Å²) in [6.07, 6.45) is 5.37. The number of ether oxygens (including phenoxy) is 2. The van der Waals surface area contributed by atoms with Crippen LogP contribution in [-0.2, 0) is 14.3 Å². The third kappa shape index (κ3) is 4.51. The van der Waals surface area contributed by atoms with Crippen molar-refractivity contribution in [3.05, 3.63) is 12.0 Å². The molecule has 0 aromatic carbocycles. The summed E-state index contributed by atoms with van der Waals surface area (Å²) in [6.45, 7) is 0.732. The van der Waals surface area contributed by atoms with Gasteiger partial charge in [0.15, 0.2) is 0 Å². The Labute approximate surface area is 89.0 Å². The van der Waals surface area contributed by atoms with Crippen LogP contribution in [0.15, 0.2) is 12.0 Å². The summed E-state index contributed by atoms with van der Waals surface area (Å²) in [4.78, 5) is 11.1. The van der Waals surface area contributed by atoms with Gasteiger partial charge in [-0.2, -0.15) is 0 Å². The number of carbonyl (C=O) groups is 1.